The highest BCUT2D eigenvalue weighted by atomic mass is 79.9. The fourth-order valence-electron chi connectivity index (χ4n) is 0.655. The van der Waals surface area contributed by atoms with Crippen molar-refractivity contribution in [1.29, 1.82) is 0 Å². The molecule has 0 aliphatic carbocycles. The van der Waals surface area contributed by atoms with Crippen molar-refractivity contribution in [2.75, 3.05) is 18.4 Å². The smallest absolute Gasteiger partial charge is 0.00433 e. The molecule has 0 heterocycles. The van der Waals surface area contributed by atoms with Crippen LogP contribution in [0.1, 0.15) is 27.2 Å². The molecule has 62 valence electrons. The number of nitrogens with one attached hydrogen (secondary N) is 1. The predicted octanol–water partition coefficient (Wildman–Crippen LogP) is 2.41. The van der Waals surface area contributed by atoms with E-state index in [1.54, 1.807) is 0 Å². The predicted molar refractivity (Wildman–Crippen MR) is 50.7 cm³/mol. The monoisotopic (exact) mass is 207 g/mol. The standard InChI is InChI=1S/C8H18BrN/c1-8(2,3)7-10-6-4-5-9/h10H,4-7H2,1-3H3. The highest BCUT2D eigenvalue weighted by Crippen LogP contribution is 2.09. The number of halogens is 1. The summed E-state index contributed by atoms with van der Waals surface area (Å²) in [5.41, 5.74) is 0.423. The minimum atomic E-state index is 0.423. The topological polar surface area (TPSA) is 12.0 Å². The average molecular weight is 208 g/mol. The molecule has 0 atom stereocenters. The Bertz CT molecular complexity index is 75.8. The second kappa shape index (κ2) is 5.14. The molecular formula is C8H18BrN. The zero-order chi connectivity index (χ0) is 8.04. The molecule has 0 aromatic rings. The normalized spacial score (nSPS) is 12.0. The Labute approximate surface area is 72.7 Å². The largest absolute Gasteiger partial charge is 0.316 e. The van der Waals surface area contributed by atoms with Crippen LogP contribution in [-0.2, 0) is 0 Å². The molecule has 10 heavy (non-hydrogen) atoms. The number of rotatable bonds is 4. The molecule has 0 rings (SSSR count). The van der Waals surface area contributed by atoms with Gasteiger partial charge in [-0.3, -0.25) is 0 Å². The van der Waals surface area contributed by atoms with Crippen LogP contribution >= 0.6 is 15.9 Å². The molecule has 1 nitrogen and oxygen atoms in total. The van der Waals surface area contributed by atoms with E-state index in [9.17, 15) is 0 Å². The summed E-state index contributed by atoms with van der Waals surface area (Å²) in [5.74, 6) is 0. The number of hydrogen-bond donors (Lipinski definition) is 1. The Hall–Kier alpha value is 0.440. The third kappa shape index (κ3) is 8.44. The van der Waals surface area contributed by atoms with Crippen LogP contribution in [-0.4, -0.2) is 18.4 Å². The maximum Gasteiger partial charge on any atom is 0.00433 e. The lowest BCUT2D eigenvalue weighted by atomic mass is 9.97. The van der Waals surface area contributed by atoms with E-state index in [0.29, 0.717) is 5.41 Å². The Kier molecular flexibility index (Phi) is 5.36. The van der Waals surface area contributed by atoms with Gasteiger partial charge in [0, 0.05) is 5.33 Å². The van der Waals surface area contributed by atoms with E-state index in [4.69, 9.17) is 0 Å². The first-order valence-electron chi connectivity index (χ1n) is 3.83. The minimum absolute atomic E-state index is 0.423. The molecule has 2 heteroatoms. The van der Waals surface area contributed by atoms with Crippen LogP contribution in [0.4, 0.5) is 0 Å². The fraction of sp³-hybridized carbons (Fsp3) is 1.00. The lowest BCUT2D eigenvalue weighted by Crippen LogP contribution is -2.27. The summed E-state index contributed by atoms with van der Waals surface area (Å²) < 4.78 is 0. The molecule has 0 saturated heterocycles. The van der Waals surface area contributed by atoms with E-state index in [1.807, 2.05) is 0 Å². The van der Waals surface area contributed by atoms with Crippen LogP contribution in [0.5, 0.6) is 0 Å². The lowest BCUT2D eigenvalue weighted by molar-refractivity contribution is 0.381. The van der Waals surface area contributed by atoms with Gasteiger partial charge in [-0.05, 0) is 24.9 Å². The van der Waals surface area contributed by atoms with Gasteiger partial charge in [-0.25, -0.2) is 0 Å². The molecule has 0 spiro atoms. The van der Waals surface area contributed by atoms with Gasteiger partial charge >= 0.3 is 0 Å². The van der Waals surface area contributed by atoms with Gasteiger partial charge < -0.3 is 5.32 Å². The van der Waals surface area contributed by atoms with Gasteiger partial charge in [0.25, 0.3) is 0 Å². The first-order chi connectivity index (χ1) is 4.56. The molecule has 0 aliphatic rings. The molecule has 0 bridgehead atoms. The molecule has 0 saturated carbocycles. The summed E-state index contributed by atoms with van der Waals surface area (Å²) in [6, 6.07) is 0. The van der Waals surface area contributed by atoms with E-state index in [-0.39, 0.29) is 0 Å². The van der Waals surface area contributed by atoms with Crippen molar-refractivity contribution in [2.24, 2.45) is 5.41 Å². The van der Waals surface area contributed by atoms with Gasteiger partial charge in [-0.2, -0.15) is 0 Å². The van der Waals surface area contributed by atoms with E-state index in [0.717, 1.165) is 18.4 Å². The van der Waals surface area contributed by atoms with Crippen molar-refractivity contribution in [1.82, 2.24) is 5.32 Å². The average Bonchev–Trinajstić information content (AvgIpc) is 1.78. The van der Waals surface area contributed by atoms with Crippen molar-refractivity contribution in [3.8, 4) is 0 Å². The molecule has 1 N–H and O–H groups in total. The SMILES string of the molecule is CC(C)(C)CNCCCBr. The molecule has 0 amide bonds. The maximum atomic E-state index is 3.40. The molecule has 0 aliphatic heterocycles. The summed E-state index contributed by atoms with van der Waals surface area (Å²) in [6.45, 7) is 8.97. The zero-order valence-corrected chi connectivity index (χ0v) is 8.79. The Morgan fingerprint density at radius 1 is 1.30 bits per heavy atom. The number of hydrogen-bond acceptors (Lipinski definition) is 1. The van der Waals surface area contributed by atoms with Crippen molar-refractivity contribution >= 4 is 15.9 Å². The third-order valence-corrected chi connectivity index (χ3v) is 1.70. The van der Waals surface area contributed by atoms with Gasteiger partial charge in [-0.15, -0.1) is 0 Å². The van der Waals surface area contributed by atoms with Crippen LogP contribution in [0.15, 0.2) is 0 Å². The Morgan fingerprint density at radius 2 is 1.90 bits per heavy atom. The molecule has 0 fully saturated rings. The van der Waals surface area contributed by atoms with E-state index >= 15 is 0 Å². The molecule has 0 unspecified atom stereocenters. The van der Waals surface area contributed by atoms with Gasteiger partial charge in [0.05, 0.1) is 0 Å². The van der Waals surface area contributed by atoms with E-state index in [1.165, 1.54) is 6.42 Å². The van der Waals surface area contributed by atoms with Crippen molar-refractivity contribution < 1.29 is 0 Å². The van der Waals surface area contributed by atoms with E-state index in [2.05, 4.69) is 42.0 Å². The van der Waals surface area contributed by atoms with Crippen molar-refractivity contribution in [3.63, 3.8) is 0 Å². The van der Waals surface area contributed by atoms with E-state index < -0.39 is 0 Å². The molecule has 0 aromatic carbocycles. The summed E-state index contributed by atoms with van der Waals surface area (Å²) in [6.07, 6.45) is 1.22. The molecular weight excluding hydrogens is 190 g/mol. The van der Waals surface area contributed by atoms with Gasteiger partial charge in [-0.1, -0.05) is 36.7 Å². The van der Waals surface area contributed by atoms with Gasteiger partial charge in [0.15, 0.2) is 0 Å². The Balaban J connectivity index is 3.04. The highest BCUT2D eigenvalue weighted by Gasteiger charge is 2.07. The fourth-order valence-corrected chi connectivity index (χ4v) is 0.936. The summed E-state index contributed by atoms with van der Waals surface area (Å²) in [7, 11) is 0. The van der Waals surface area contributed by atoms with Crippen LogP contribution in [0.2, 0.25) is 0 Å². The zero-order valence-electron chi connectivity index (χ0n) is 7.21. The maximum absolute atomic E-state index is 3.40. The number of alkyl halides is 1. The Morgan fingerprint density at radius 3 is 2.30 bits per heavy atom. The second-order valence-electron chi connectivity index (χ2n) is 3.78. The van der Waals surface area contributed by atoms with Crippen LogP contribution in [0, 0.1) is 5.41 Å². The van der Waals surface area contributed by atoms with Crippen molar-refractivity contribution in [3.05, 3.63) is 0 Å². The minimum Gasteiger partial charge on any atom is -0.316 e. The van der Waals surface area contributed by atoms with Gasteiger partial charge in [0.1, 0.15) is 0 Å². The van der Waals surface area contributed by atoms with Crippen LogP contribution in [0.25, 0.3) is 0 Å². The molecule has 0 aromatic heterocycles. The quantitative estimate of drug-likeness (QED) is 0.552. The highest BCUT2D eigenvalue weighted by molar-refractivity contribution is 9.09. The van der Waals surface area contributed by atoms with Crippen LogP contribution in [0.3, 0.4) is 0 Å². The summed E-state index contributed by atoms with van der Waals surface area (Å²) >= 11 is 3.39. The third-order valence-electron chi connectivity index (χ3n) is 1.14. The summed E-state index contributed by atoms with van der Waals surface area (Å²) in [5, 5.41) is 4.50. The first-order valence-corrected chi connectivity index (χ1v) is 4.95. The van der Waals surface area contributed by atoms with Crippen molar-refractivity contribution in [2.45, 2.75) is 27.2 Å². The summed E-state index contributed by atoms with van der Waals surface area (Å²) in [4.78, 5) is 0. The molecule has 0 radical (unpaired) electrons. The lowest BCUT2D eigenvalue weighted by Gasteiger charge is -2.18. The van der Waals surface area contributed by atoms with Crippen LogP contribution < -0.4 is 5.32 Å². The van der Waals surface area contributed by atoms with Gasteiger partial charge in [0.2, 0.25) is 0 Å². The second-order valence-corrected chi connectivity index (χ2v) is 4.57. The first kappa shape index (κ1) is 10.4.